The van der Waals surface area contributed by atoms with Gasteiger partial charge in [-0.3, -0.25) is 10.1 Å². The topological polar surface area (TPSA) is 115 Å². The van der Waals surface area contributed by atoms with Gasteiger partial charge in [-0.2, -0.15) is 0 Å². The van der Waals surface area contributed by atoms with E-state index in [0.29, 0.717) is 6.42 Å². The number of nitrogens with one attached hydrogen (secondary N) is 1. The molecule has 0 fully saturated rings. The van der Waals surface area contributed by atoms with Crippen LogP contribution in [0.1, 0.15) is 20.3 Å². The Morgan fingerprint density at radius 1 is 1.33 bits per heavy atom. The third-order valence-electron chi connectivity index (χ3n) is 2.71. The first-order valence-corrected chi connectivity index (χ1v) is 7.72. The Hall–Kier alpha value is -1.22. The molecule has 0 spiro atoms. The van der Waals surface area contributed by atoms with E-state index in [9.17, 15) is 18.5 Å². The van der Waals surface area contributed by atoms with Crippen molar-refractivity contribution in [3.8, 4) is 0 Å². The van der Waals surface area contributed by atoms with Crippen LogP contribution < -0.4 is 10.5 Å². The second-order valence-electron chi connectivity index (χ2n) is 4.91. The number of para-hydroxylation sites is 1. The van der Waals surface area contributed by atoms with Crippen LogP contribution >= 0.6 is 12.4 Å². The largest absolute Gasteiger partial charge is 0.329 e. The van der Waals surface area contributed by atoms with Crippen LogP contribution in [-0.4, -0.2) is 25.9 Å². The molecule has 1 aromatic rings. The second-order valence-corrected chi connectivity index (χ2v) is 6.59. The Morgan fingerprint density at radius 2 is 1.90 bits per heavy atom. The van der Waals surface area contributed by atoms with Crippen molar-refractivity contribution in [2.75, 3.05) is 6.54 Å². The summed E-state index contributed by atoms with van der Waals surface area (Å²) in [6.07, 6.45) is 0.566. The third-order valence-corrected chi connectivity index (χ3v) is 4.28. The fraction of sp³-hybridized carbons (Fsp3) is 0.500. The fourth-order valence-corrected chi connectivity index (χ4v) is 3.31. The van der Waals surface area contributed by atoms with E-state index in [0.717, 1.165) is 6.07 Å². The predicted octanol–water partition coefficient (Wildman–Crippen LogP) is 1.67. The Bertz CT molecular complexity index is 578. The van der Waals surface area contributed by atoms with Gasteiger partial charge in [0.25, 0.3) is 5.69 Å². The zero-order valence-electron chi connectivity index (χ0n) is 11.9. The first-order chi connectivity index (χ1) is 9.27. The van der Waals surface area contributed by atoms with E-state index >= 15 is 0 Å². The lowest BCUT2D eigenvalue weighted by atomic mass is 10.1. The van der Waals surface area contributed by atoms with Crippen LogP contribution in [0.3, 0.4) is 0 Å². The number of rotatable bonds is 7. The van der Waals surface area contributed by atoms with Crippen LogP contribution in [-0.2, 0) is 10.0 Å². The molecule has 7 nitrogen and oxygen atoms in total. The maximum atomic E-state index is 12.2. The van der Waals surface area contributed by atoms with Crippen molar-refractivity contribution in [3.05, 3.63) is 34.4 Å². The van der Waals surface area contributed by atoms with E-state index in [1.807, 2.05) is 13.8 Å². The molecule has 0 saturated heterocycles. The molecular formula is C12H20ClN3O4S. The van der Waals surface area contributed by atoms with E-state index in [1.54, 1.807) is 0 Å². The smallest absolute Gasteiger partial charge is 0.289 e. The van der Waals surface area contributed by atoms with Crippen molar-refractivity contribution < 1.29 is 13.3 Å². The Labute approximate surface area is 130 Å². The molecule has 1 aromatic carbocycles. The molecule has 0 aliphatic rings. The van der Waals surface area contributed by atoms with Crippen LogP contribution in [0.2, 0.25) is 0 Å². The van der Waals surface area contributed by atoms with E-state index in [1.165, 1.54) is 18.2 Å². The molecule has 0 aliphatic heterocycles. The lowest BCUT2D eigenvalue weighted by molar-refractivity contribution is -0.387. The third kappa shape index (κ3) is 5.58. The molecule has 0 saturated carbocycles. The van der Waals surface area contributed by atoms with E-state index in [-0.39, 0.29) is 29.8 Å². The minimum Gasteiger partial charge on any atom is -0.329 e. The van der Waals surface area contributed by atoms with Crippen molar-refractivity contribution in [3.63, 3.8) is 0 Å². The standard InChI is InChI=1S/C12H19N3O4S.ClH/c1-9(2)7-10(8-13)14-20(18,19)12-6-4-3-5-11(12)15(16)17;/h3-6,9-10,14H,7-8,13H2,1-2H3;1H. The molecule has 3 N–H and O–H groups in total. The molecule has 0 bridgehead atoms. The molecule has 1 rings (SSSR count). The summed E-state index contributed by atoms with van der Waals surface area (Å²) < 4.78 is 26.9. The fourth-order valence-electron chi connectivity index (χ4n) is 1.88. The molecule has 120 valence electrons. The number of nitrogens with two attached hydrogens (primary N) is 1. The van der Waals surface area contributed by atoms with Crippen molar-refractivity contribution in [1.82, 2.24) is 4.72 Å². The molecule has 0 aliphatic carbocycles. The normalized spacial score (nSPS) is 12.8. The van der Waals surface area contributed by atoms with E-state index < -0.39 is 26.7 Å². The summed E-state index contributed by atoms with van der Waals surface area (Å²) in [6.45, 7) is 4.03. The maximum absolute atomic E-state index is 12.2. The zero-order chi connectivity index (χ0) is 15.3. The van der Waals surface area contributed by atoms with Gasteiger partial charge in [0.2, 0.25) is 10.0 Å². The van der Waals surface area contributed by atoms with Gasteiger partial charge < -0.3 is 5.73 Å². The molecule has 9 heteroatoms. The number of hydrogen-bond donors (Lipinski definition) is 2. The highest BCUT2D eigenvalue weighted by atomic mass is 35.5. The number of nitrogens with zero attached hydrogens (tertiary/aromatic N) is 1. The summed E-state index contributed by atoms with van der Waals surface area (Å²) in [5, 5.41) is 10.9. The summed E-state index contributed by atoms with van der Waals surface area (Å²) in [4.78, 5) is 9.84. The van der Waals surface area contributed by atoms with Crippen molar-refractivity contribution in [1.29, 1.82) is 0 Å². The van der Waals surface area contributed by atoms with Crippen molar-refractivity contribution in [2.24, 2.45) is 11.7 Å². The summed E-state index contributed by atoms with van der Waals surface area (Å²) in [7, 11) is -3.96. The molecule has 1 unspecified atom stereocenters. The van der Waals surface area contributed by atoms with Crippen LogP contribution in [0, 0.1) is 16.0 Å². The van der Waals surface area contributed by atoms with Gasteiger partial charge in [0.15, 0.2) is 4.90 Å². The van der Waals surface area contributed by atoms with Crippen molar-refractivity contribution in [2.45, 2.75) is 31.2 Å². The van der Waals surface area contributed by atoms with Gasteiger partial charge in [0, 0.05) is 18.7 Å². The van der Waals surface area contributed by atoms with Gasteiger partial charge >= 0.3 is 0 Å². The average molecular weight is 338 g/mol. The number of sulfonamides is 1. The van der Waals surface area contributed by atoms with Gasteiger partial charge in [0.1, 0.15) is 0 Å². The summed E-state index contributed by atoms with van der Waals surface area (Å²) in [6, 6.07) is 4.80. The number of benzene rings is 1. The van der Waals surface area contributed by atoms with Gasteiger partial charge in [-0.25, -0.2) is 13.1 Å². The molecule has 21 heavy (non-hydrogen) atoms. The molecule has 0 heterocycles. The van der Waals surface area contributed by atoms with Crippen LogP contribution in [0.4, 0.5) is 5.69 Å². The SMILES string of the molecule is CC(C)CC(CN)NS(=O)(=O)c1ccccc1[N+](=O)[O-].Cl. The summed E-state index contributed by atoms with van der Waals surface area (Å²) in [5.74, 6) is 0.261. The first kappa shape index (κ1) is 19.8. The molecule has 0 amide bonds. The van der Waals surface area contributed by atoms with Gasteiger partial charge in [0.05, 0.1) is 4.92 Å². The van der Waals surface area contributed by atoms with E-state index in [2.05, 4.69) is 4.72 Å². The van der Waals surface area contributed by atoms with Crippen LogP contribution in [0.15, 0.2) is 29.2 Å². The zero-order valence-corrected chi connectivity index (χ0v) is 13.5. The second kappa shape index (κ2) is 8.28. The Balaban J connectivity index is 0.00000400. The van der Waals surface area contributed by atoms with Gasteiger partial charge in [-0.15, -0.1) is 12.4 Å². The number of nitro benzene ring substituents is 1. The predicted molar refractivity (Wildman–Crippen MR) is 83.0 cm³/mol. The van der Waals surface area contributed by atoms with E-state index in [4.69, 9.17) is 5.73 Å². The first-order valence-electron chi connectivity index (χ1n) is 6.23. The minimum atomic E-state index is -3.96. The average Bonchev–Trinajstić information content (AvgIpc) is 2.37. The minimum absolute atomic E-state index is 0. The highest BCUT2D eigenvalue weighted by molar-refractivity contribution is 7.89. The Morgan fingerprint density at radius 3 is 2.38 bits per heavy atom. The quantitative estimate of drug-likeness (QED) is 0.580. The lowest BCUT2D eigenvalue weighted by Gasteiger charge is -2.18. The van der Waals surface area contributed by atoms with Gasteiger partial charge in [-0.05, 0) is 18.4 Å². The molecular weight excluding hydrogens is 318 g/mol. The highest BCUT2D eigenvalue weighted by Crippen LogP contribution is 2.23. The maximum Gasteiger partial charge on any atom is 0.289 e. The van der Waals surface area contributed by atoms with Crippen LogP contribution in [0.25, 0.3) is 0 Å². The number of hydrogen-bond acceptors (Lipinski definition) is 5. The molecule has 0 radical (unpaired) electrons. The van der Waals surface area contributed by atoms with Crippen LogP contribution in [0.5, 0.6) is 0 Å². The molecule has 1 atom stereocenters. The number of nitro groups is 1. The summed E-state index contributed by atoms with van der Waals surface area (Å²) >= 11 is 0. The highest BCUT2D eigenvalue weighted by Gasteiger charge is 2.27. The monoisotopic (exact) mass is 337 g/mol. The lowest BCUT2D eigenvalue weighted by Crippen LogP contribution is -2.41. The van der Waals surface area contributed by atoms with Crippen molar-refractivity contribution >= 4 is 28.1 Å². The Kier molecular flexibility index (Phi) is 7.80. The van der Waals surface area contributed by atoms with Gasteiger partial charge in [-0.1, -0.05) is 26.0 Å². The molecule has 0 aromatic heterocycles. The summed E-state index contributed by atoms with van der Waals surface area (Å²) in [5.41, 5.74) is 5.10. The number of halogens is 1.